The molecule has 10 heavy (non-hydrogen) atoms. The Bertz CT molecular complexity index is 102. The van der Waals surface area contributed by atoms with Gasteiger partial charge in [-0.2, -0.15) is 0 Å². The lowest BCUT2D eigenvalue weighted by molar-refractivity contribution is 0.522. The van der Waals surface area contributed by atoms with E-state index in [1.165, 1.54) is 19.3 Å². The summed E-state index contributed by atoms with van der Waals surface area (Å²) in [7, 11) is 0. The van der Waals surface area contributed by atoms with Gasteiger partial charge in [0.15, 0.2) is 0 Å². The minimum Gasteiger partial charge on any atom is -0.304 e. The van der Waals surface area contributed by atoms with Crippen LogP contribution >= 0.6 is 0 Å². The first-order chi connectivity index (χ1) is 4.81. The van der Waals surface area contributed by atoms with Crippen molar-refractivity contribution in [3.8, 4) is 12.3 Å². The summed E-state index contributed by atoms with van der Waals surface area (Å²) >= 11 is 0. The highest BCUT2D eigenvalue weighted by molar-refractivity contribution is 4.87. The van der Waals surface area contributed by atoms with E-state index in [2.05, 4.69) is 25.1 Å². The summed E-state index contributed by atoms with van der Waals surface area (Å²) in [6.07, 6.45) is 8.88. The molecule has 1 atom stereocenters. The molecule has 0 aliphatic carbocycles. The van der Waals surface area contributed by atoms with Gasteiger partial charge in [0.05, 0.1) is 6.54 Å². The Labute approximate surface area is 64.2 Å². The molecule has 1 nitrogen and oxygen atoms in total. The molecule has 0 saturated heterocycles. The third-order valence-corrected chi connectivity index (χ3v) is 1.54. The van der Waals surface area contributed by atoms with Crippen LogP contribution in [0.5, 0.6) is 0 Å². The van der Waals surface area contributed by atoms with Crippen LogP contribution in [0.4, 0.5) is 0 Å². The maximum Gasteiger partial charge on any atom is 0.0575 e. The molecule has 0 aromatic heterocycles. The zero-order valence-corrected chi connectivity index (χ0v) is 6.98. The minimum atomic E-state index is 0.580. The summed E-state index contributed by atoms with van der Waals surface area (Å²) in [5, 5.41) is 3.23. The van der Waals surface area contributed by atoms with E-state index in [9.17, 15) is 0 Å². The number of terminal acetylenes is 1. The van der Waals surface area contributed by atoms with Gasteiger partial charge >= 0.3 is 0 Å². The van der Waals surface area contributed by atoms with Gasteiger partial charge in [-0.25, -0.2) is 0 Å². The van der Waals surface area contributed by atoms with Crippen LogP contribution in [0, 0.1) is 12.3 Å². The van der Waals surface area contributed by atoms with Crippen LogP contribution in [0.3, 0.4) is 0 Å². The molecule has 0 amide bonds. The standard InChI is InChI=1S/C9H17N/c1-4-6-7-9(3)10-8-5-2/h2,9-10H,4,6-8H2,1,3H3/t9-/m1/s1. The Morgan fingerprint density at radius 1 is 1.60 bits per heavy atom. The zero-order valence-electron chi connectivity index (χ0n) is 6.98. The lowest BCUT2D eigenvalue weighted by atomic mass is 10.1. The number of hydrogen-bond donors (Lipinski definition) is 1. The van der Waals surface area contributed by atoms with Crippen LogP contribution in [0.2, 0.25) is 0 Å². The minimum absolute atomic E-state index is 0.580. The monoisotopic (exact) mass is 139 g/mol. The van der Waals surface area contributed by atoms with Gasteiger partial charge in [0, 0.05) is 6.04 Å². The lowest BCUT2D eigenvalue weighted by Gasteiger charge is -2.09. The van der Waals surface area contributed by atoms with Crippen molar-refractivity contribution in [3.05, 3.63) is 0 Å². The predicted octanol–water partition coefficient (Wildman–Crippen LogP) is 1.79. The van der Waals surface area contributed by atoms with Crippen molar-refractivity contribution in [1.29, 1.82) is 0 Å². The molecule has 0 heterocycles. The van der Waals surface area contributed by atoms with Gasteiger partial charge in [0.2, 0.25) is 0 Å². The van der Waals surface area contributed by atoms with Gasteiger partial charge in [0.1, 0.15) is 0 Å². The fourth-order valence-corrected chi connectivity index (χ4v) is 0.846. The van der Waals surface area contributed by atoms with Crippen LogP contribution in [-0.2, 0) is 0 Å². The highest BCUT2D eigenvalue weighted by Gasteiger charge is 1.96. The van der Waals surface area contributed by atoms with Crippen molar-refractivity contribution in [1.82, 2.24) is 5.32 Å². The predicted molar refractivity (Wildman–Crippen MR) is 45.8 cm³/mol. The van der Waals surface area contributed by atoms with Gasteiger partial charge in [-0.3, -0.25) is 0 Å². The third-order valence-electron chi connectivity index (χ3n) is 1.54. The molecule has 0 aromatic carbocycles. The molecule has 0 spiro atoms. The second-order valence-electron chi connectivity index (χ2n) is 2.63. The molecule has 0 bridgehead atoms. The fourth-order valence-electron chi connectivity index (χ4n) is 0.846. The molecule has 0 aliphatic rings. The number of hydrogen-bond acceptors (Lipinski definition) is 1. The summed E-state index contributed by atoms with van der Waals surface area (Å²) in [5.74, 6) is 2.56. The SMILES string of the molecule is C#CCN[C@H](C)CCCC. The highest BCUT2D eigenvalue weighted by atomic mass is 14.9. The molecule has 1 heteroatoms. The van der Waals surface area contributed by atoms with Crippen molar-refractivity contribution in [2.45, 2.75) is 39.2 Å². The van der Waals surface area contributed by atoms with E-state index in [1.54, 1.807) is 0 Å². The van der Waals surface area contributed by atoms with Crippen molar-refractivity contribution < 1.29 is 0 Å². The molecule has 0 rings (SSSR count). The summed E-state index contributed by atoms with van der Waals surface area (Å²) in [6.45, 7) is 5.08. The van der Waals surface area contributed by atoms with Gasteiger partial charge in [-0.05, 0) is 13.3 Å². The van der Waals surface area contributed by atoms with Gasteiger partial charge in [0.25, 0.3) is 0 Å². The zero-order chi connectivity index (χ0) is 7.82. The van der Waals surface area contributed by atoms with E-state index in [0.29, 0.717) is 12.6 Å². The second-order valence-corrected chi connectivity index (χ2v) is 2.63. The molecule has 58 valence electrons. The van der Waals surface area contributed by atoms with Crippen molar-refractivity contribution in [3.63, 3.8) is 0 Å². The first-order valence-corrected chi connectivity index (χ1v) is 3.98. The van der Waals surface area contributed by atoms with Crippen molar-refractivity contribution in [2.75, 3.05) is 6.54 Å². The lowest BCUT2D eigenvalue weighted by Crippen LogP contribution is -2.25. The molecule has 0 aromatic rings. The van der Waals surface area contributed by atoms with Crippen molar-refractivity contribution in [2.24, 2.45) is 0 Å². The quantitative estimate of drug-likeness (QED) is 0.573. The van der Waals surface area contributed by atoms with Crippen LogP contribution in [-0.4, -0.2) is 12.6 Å². The smallest absolute Gasteiger partial charge is 0.0575 e. The van der Waals surface area contributed by atoms with Gasteiger partial charge < -0.3 is 5.32 Å². The first-order valence-electron chi connectivity index (χ1n) is 3.98. The Balaban J connectivity index is 3.10. The summed E-state index contributed by atoms with van der Waals surface area (Å²) in [4.78, 5) is 0. The van der Waals surface area contributed by atoms with Crippen LogP contribution in [0.1, 0.15) is 33.1 Å². The fraction of sp³-hybridized carbons (Fsp3) is 0.778. The molecular formula is C9H17N. The summed E-state index contributed by atoms with van der Waals surface area (Å²) in [6, 6.07) is 0.580. The van der Waals surface area contributed by atoms with E-state index >= 15 is 0 Å². The van der Waals surface area contributed by atoms with E-state index < -0.39 is 0 Å². The maximum absolute atomic E-state index is 5.09. The second kappa shape index (κ2) is 6.64. The number of unbranched alkanes of at least 4 members (excludes halogenated alkanes) is 1. The molecule has 0 aliphatic heterocycles. The molecule has 0 radical (unpaired) electrons. The number of nitrogens with one attached hydrogen (secondary N) is 1. The Morgan fingerprint density at radius 2 is 2.30 bits per heavy atom. The van der Waals surface area contributed by atoms with Crippen LogP contribution in [0.15, 0.2) is 0 Å². The normalized spacial score (nSPS) is 12.5. The van der Waals surface area contributed by atoms with Crippen LogP contribution < -0.4 is 5.32 Å². The van der Waals surface area contributed by atoms with E-state index in [1.807, 2.05) is 0 Å². The Morgan fingerprint density at radius 3 is 2.80 bits per heavy atom. The topological polar surface area (TPSA) is 12.0 Å². The first kappa shape index (κ1) is 9.52. The Hall–Kier alpha value is -0.480. The summed E-state index contributed by atoms with van der Waals surface area (Å²) < 4.78 is 0. The average Bonchev–Trinajstić information content (AvgIpc) is 1.97. The van der Waals surface area contributed by atoms with Crippen molar-refractivity contribution >= 4 is 0 Å². The largest absolute Gasteiger partial charge is 0.304 e. The molecule has 0 fully saturated rings. The van der Waals surface area contributed by atoms with Gasteiger partial charge in [-0.15, -0.1) is 6.42 Å². The number of rotatable bonds is 5. The van der Waals surface area contributed by atoms with Gasteiger partial charge in [-0.1, -0.05) is 25.7 Å². The maximum atomic E-state index is 5.09. The summed E-state index contributed by atoms with van der Waals surface area (Å²) in [5.41, 5.74) is 0. The Kier molecular flexibility index (Phi) is 6.32. The van der Waals surface area contributed by atoms with E-state index in [-0.39, 0.29) is 0 Å². The highest BCUT2D eigenvalue weighted by Crippen LogP contribution is 1.98. The molecular weight excluding hydrogens is 122 g/mol. The van der Waals surface area contributed by atoms with E-state index in [4.69, 9.17) is 6.42 Å². The van der Waals surface area contributed by atoms with Crippen LogP contribution in [0.25, 0.3) is 0 Å². The molecule has 0 saturated carbocycles. The third kappa shape index (κ3) is 5.65. The average molecular weight is 139 g/mol. The van der Waals surface area contributed by atoms with E-state index in [0.717, 1.165) is 0 Å². The molecule has 1 N–H and O–H groups in total. The molecule has 0 unspecified atom stereocenters.